The smallest absolute Gasteiger partial charge is 0.0895 e. The lowest BCUT2D eigenvalue weighted by molar-refractivity contribution is 0.122. The highest BCUT2D eigenvalue weighted by molar-refractivity contribution is 5.68. The minimum absolute atomic E-state index is 0.678. The molecular formula is C22H34O4. The van der Waals surface area contributed by atoms with Crippen molar-refractivity contribution in [2.45, 2.75) is 40.5 Å². The Bertz CT molecular complexity index is 483. The van der Waals surface area contributed by atoms with Crippen molar-refractivity contribution in [2.75, 3.05) is 39.6 Å². The molecule has 1 aromatic carbocycles. The SMILES string of the molecule is CCOCCCOC=C(C)c1ccc(C(C)=COCCCOCC)cc1. The van der Waals surface area contributed by atoms with Crippen molar-refractivity contribution in [1.82, 2.24) is 0 Å². The van der Waals surface area contributed by atoms with Gasteiger partial charge in [0.2, 0.25) is 0 Å². The fourth-order valence-electron chi connectivity index (χ4n) is 2.28. The van der Waals surface area contributed by atoms with E-state index in [0.717, 1.165) is 61.5 Å². The Balaban J connectivity index is 2.41. The van der Waals surface area contributed by atoms with Gasteiger partial charge in [-0.2, -0.15) is 0 Å². The summed E-state index contributed by atoms with van der Waals surface area (Å²) in [5.41, 5.74) is 4.54. The van der Waals surface area contributed by atoms with Gasteiger partial charge in [0.25, 0.3) is 0 Å². The zero-order chi connectivity index (χ0) is 19.0. The standard InChI is InChI=1S/C22H34O4/c1-5-23-13-7-15-25-17-19(3)21-9-11-22(12-10-21)20(4)18-26-16-8-14-24-6-2/h9-12,17-18H,5-8,13-16H2,1-4H3. The van der Waals surface area contributed by atoms with Crippen LogP contribution in [0.15, 0.2) is 36.8 Å². The van der Waals surface area contributed by atoms with Crippen LogP contribution in [0.2, 0.25) is 0 Å². The summed E-state index contributed by atoms with van der Waals surface area (Å²) in [7, 11) is 0. The van der Waals surface area contributed by atoms with Gasteiger partial charge in [0.15, 0.2) is 0 Å². The van der Waals surface area contributed by atoms with E-state index in [1.54, 1.807) is 0 Å². The van der Waals surface area contributed by atoms with E-state index >= 15 is 0 Å². The number of hydrogen-bond acceptors (Lipinski definition) is 4. The first-order chi connectivity index (χ1) is 12.7. The van der Waals surface area contributed by atoms with Crippen LogP contribution in [0.5, 0.6) is 0 Å². The summed E-state index contributed by atoms with van der Waals surface area (Å²) in [6.07, 6.45) is 5.46. The molecule has 0 amide bonds. The molecule has 0 bridgehead atoms. The molecule has 0 unspecified atom stereocenters. The van der Waals surface area contributed by atoms with E-state index < -0.39 is 0 Å². The van der Waals surface area contributed by atoms with E-state index in [9.17, 15) is 0 Å². The lowest BCUT2D eigenvalue weighted by Gasteiger charge is -2.07. The van der Waals surface area contributed by atoms with Crippen molar-refractivity contribution in [3.05, 3.63) is 47.9 Å². The summed E-state index contributed by atoms with van der Waals surface area (Å²) < 4.78 is 21.7. The molecule has 4 nitrogen and oxygen atoms in total. The normalized spacial score (nSPS) is 12.3. The first-order valence-corrected chi connectivity index (χ1v) is 9.52. The third-order valence-electron chi connectivity index (χ3n) is 3.83. The molecule has 26 heavy (non-hydrogen) atoms. The zero-order valence-electron chi connectivity index (χ0n) is 16.8. The van der Waals surface area contributed by atoms with Gasteiger partial charge in [-0.1, -0.05) is 24.3 Å². The number of benzene rings is 1. The van der Waals surface area contributed by atoms with Crippen molar-refractivity contribution in [3.8, 4) is 0 Å². The molecule has 0 aliphatic carbocycles. The highest BCUT2D eigenvalue weighted by Gasteiger charge is 2.00. The predicted octanol–water partition coefficient (Wildman–Crippen LogP) is 5.29. The van der Waals surface area contributed by atoms with Crippen molar-refractivity contribution in [1.29, 1.82) is 0 Å². The third-order valence-corrected chi connectivity index (χ3v) is 3.83. The van der Waals surface area contributed by atoms with Gasteiger partial charge < -0.3 is 18.9 Å². The molecule has 0 N–H and O–H groups in total. The molecule has 0 fully saturated rings. The Labute approximate surface area is 158 Å². The summed E-state index contributed by atoms with van der Waals surface area (Å²) in [4.78, 5) is 0. The molecule has 0 aliphatic heterocycles. The molecule has 0 atom stereocenters. The quantitative estimate of drug-likeness (QED) is 0.333. The van der Waals surface area contributed by atoms with Gasteiger partial charge in [-0.25, -0.2) is 0 Å². The summed E-state index contributed by atoms with van der Waals surface area (Å²) in [6, 6.07) is 8.43. The second-order valence-corrected chi connectivity index (χ2v) is 6.02. The average molecular weight is 363 g/mol. The Morgan fingerprint density at radius 3 is 1.42 bits per heavy atom. The molecule has 0 aromatic heterocycles. The molecule has 0 radical (unpaired) electrons. The molecule has 0 spiro atoms. The number of hydrogen-bond donors (Lipinski definition) is 0. The van der Waals surface area contributed by atoms with Gasteiger partial charge in [-0.05, 0) is 50.0 Å². The first kappa shape index (κ1) is 22.3. The van der Waals surface area contributed by atoms with Crippen LogP contribution in [0.3, 0.4) is 0 Å². The summed E-state index contributed by atoms with van der Waals surface area (Å²) in [6.45, 7) is 12.5. The molecule has 0 heterocycles. The van der Waals surface area contributed by atoms with E-state index in [4.69, 9.17) is 18.9 Å². The van der Waals surface area contributed by atoms with Crippen LogP contribution in [0.1, 0.15) is 51.7 Å². The van der Waals surface area contributed by atoms with E-state index in [0.29, 0.717) is 13.2 Å². The van der Waals surface area contributed by atoms with E-state index in [-0.39, 0.29) is 0 Å². The summed E-state index contributed by atoms with van der Waals surface area (Å²) >= 11 is 0. The Morgan fingerprint density at radius 2 is 1.08 bits per heavy atom. The van der Waals surface area contributed by atoms with Crippen LogP contribution in [0.4, 0.5) is 0 Å². The van der Waals surface area contributed by atoms with Crippen LogP contribution < -0.4 is 0 Å². The van der Waals surface area contributed by atoms with Gasteiger partial charge in [-0.3, -0.25) is 0 Å². The average Bonchev–Trinajstić information content (AvgIpc) is 2.67. The molecule has 0 aliphatic rings. The number of allylic oxidation sites excluding steroid dienone is 2. The van der Waals surface area contributed by atoms with Crippen LogP contribution in [0, 0.1) is 0 Å². The van der Waals surface area contributed by atoms with Crippen molar-refractivity contribution in [3.63, 3.8) is 0 Å². The second-order valence-electron chi connectivity index (χ2n) is 6.02. The third kappa shape index (κ3) is 9.64. The molecule has 4 heteroatoms. The van der Waals surface area contributed by atoms with Gasteiger partial charge in [0, 0.05) is 39.3 Å². The molecule has 1 rings (SSSR count). The van der Waals surface area contributed by atoms with Crippen molar-refractivity contribution < 1.29 is 18.9 Å². The minimum Gasteiger partial charge on any atom is -0.501 e. The van der Waals surface area contributed by atoms with Gasteiger partial charge in [0.1, 0.15) is 0 Å². The Kier molecular flexibility index (Phi) is 12.3. The minimum atomic E-state index is 0.678. The maximum absolute atomic E-state index is 5.58. The monoisotopic (exact) mass is 362 g/mol. The zero-order valence-corrected chi connectivity index (χ0v) is 16.8. The molecule has 0 saturated carbocycles. The lowest BCUT2D eigenvalue weighted by atomic mass is 10.0. The molecule has 146 valence electrons. The van der Waals surface area contributed by atoms with Gasteiger partial charge >= 0.3 is 0 Å². The fraction of sp³-hybridized carbons (Fsp3) is 0.545. The highest BCUT2D eigenvalue weighted by Crippen LogP contribution is 2.19. The largest absolute Gasteiger partial charge is 0.501 e. The fourth-order valence-corrected chi connectivity index (χ4v) is 2.28. The predicted molar refractivity (Wildman–Crippen MR) is 108 cm³/mol. The van der Waals surface area contributed by atoms with Crippen LogP contribution in [-0.2, 0) is 18.9 Å². The maximum atomic E-state index is 5.58. The highest BCUT2D eigenvalue weighted by atomic mass is 16.5. The van der Waals surface area contributed by atoms with E-state index in [1.165, 1.54) is 0 Å². The second kappa shape index (κ2) is 14.4. The van der Waals surface area contributed by atoms with E-state index in [1.807, 2.05) is 26.4 Å². The van der Waals surface area contributed by atoms with Crippen LogP contribution in [0.25, 0.3) is 11.1 Å². The number of rotatable bonds is 14. The lowest BCUT2D eigenvalue weighted by Crippen LogP contribution is -1.98. The topological polar surface area (TPSA) is 36.9 Å². The number of ether oxygens (including phenoxy) is 4. The van der Waals surface area contributed by atoms with Crippen LogP contribution >= 0.6 is 0 Å². The molecular weight excluding hydrogens is 328 g/mol. The van der Waals surface area contributed by atoms with Crippen LogP contribution in [-0.4, -0.2) is 39.6 Å². The molecule has 0 saturated heterocycles. The Morgan fingerprint density at radius 1 is 0.692 bits per heavy atom. The van der Waals surface area contributed by atoms with E-state index in [2.05, 4.69) is 38.1 Å². The first-order valence-electron chi connectivity index (χ1n) is 9.52. The summed E-state index contributed by atoms with van der Waals surface area (Å²) in [5, 5.41) is 0. The Hall–Kier alpha value is -1.78. The summed E-state index contributed by atoms with van der Waals surface area (Å²) in [5.74, 6) is 0. The van der Waals surface area contributed by atoms with Crippen molar-refractivity contribution >= 4 is 11.1 Å². The van der Waals surface area contributed by atoms with Crippen molar-refractivity contribution in [2.24, 2.45) is 0 Å². The molecule has 1 aromatic rings. The van der Waals surface area contributed by atoms with Gasteiger partial charge in [0.05, 0.1) is 25.7 Å². The van der Waals surface area contributed by atoms with Gasteiger partial charge in [-0.15, -0.1) is 0 Å². The maximum Gasteiger partial charge on any atom is 0.0895 e.